The molecular weight excluding hydrogens is 440 g/mol. The van der Waals surface area contributed by atoms with E-state index in [0.717, 1.165) is 5.56 Å². The van der Waals surface area contributed by atoms with Gasteiger partial charge in [0.05, 0.1) is 18.0 Å². The third-order valence-corrected chi connectivity index (χ3v) is 5.98. The van der Waals surface area contributed by atoms with Crippen molar-refractivity contribution in [1.82, 2.24) is 4.90 Å². The van der Waals surface area contributed by atoms with Gasteiger partial charge in [0.2, 0.25) is 21.8 Å². The number of anilines is 2. The molecule has 0 saturated carbocycles. The van der Waals surface area contributed by atoms with Crippen LogP contribution in [0.3, 0.4) is 0 Å². The van der Waals surface area contributed by atoms with Gasteiger partial charge in [0, 0.05) is 17.4 Å². The summed E-state index contributed by atoms with van der Waals surface area (Å²) < 4.78 is 23.1. The molecule has 0 spiro atoms. The number of para-hydroxylation sites is 2. The van der Waals surface area contributed by atoms with E-state index in [4.69, 9.17) is 5.14 Å². The van der Waals surface area contributed by atoms with E-state index < -0.39 is 10.0 Å². The maximum Gasteiger partial charge on any atom is 0.238 e. The van der Waals surface area contributed by atoms with E-state index in [1.165, 1.54) is 12.1 Å². The Morgan fingerprint density at radius 3 is 1.61 bits per heavy atom. The van der Waals surface area contributed by atoms with Crippen LogP contribution in [0.1, 0.15) is 18.5 Å². The number of rotatable bonds is 9. The Labute approximate surface area is 193 Å². The number of benzene rings is 3. The Balaban J connectivity index is 1.77. The SMILES string of the molecule is C[C@H](c1ccc(S(N)(=O)=O)cc1)N(CC(=O)Nc1ccccc1)CC(=O)Nc1ccccc1. The molecule has 0 unspecified atom stereocenters. The molecule has 172 valence electrons. The number of amides is 2. The van der Waals surface area contributed by atoms with Crippen molar-refractivity contribution in [3.8, 4) is 0 Å². The summed E-state index contributed by atoms with van der Waals surface area (Å²) in [4.78, 5) is 27.1. The normalized spacial score (nSPS) is 12.2. The first-order chi connectivity index (χ1) is 15.7. The number of nitrogens with two attached hydrogens (primary N) is 1. The lowest BCUT2D eigenvalue weighted by Crippen LogP contribution is -2.40. The fourth-order valence-corrected chi connectivity index (χ4v) is 3.80. The number of hydrogen-bond acceptors (Lipinski definition) is 5. The molecule has 33 heavy (non-hydrogen) atoms. The number of sulfonamides is 1. The zero-order valence-electron chi connectivity index (χ0n) is 18.1. The Morgan fingerprint density at radius 1 is 0.788 bits per heavy atom. The van der Waals surface area contributed by atoms with E-state index in [0.29, 0.717) is 11.4 Å². The van der Waals surface area contributed by atoms with Gasteiger partial charge in [-0.1, -0.05) is 48.5 Å². The van der Waals surface area contributed by atoms with Crippen LogP contribution in [0.4, 0.5) is 11.4 Å². The first kappa shape index (κ1) is 24.1. The molecule has 0 heterocycles. The predicted molar refractivity (Wildman–Crippen MR) is 128 cm³/mol. The highest BCUT2D eigenvalue weighted by molar-refractivity contribution is 7.89. The molecule has 3 aromatic rings. The number of nitrogens with zero attached hydrogens (tertiary/aromatic N) is 1. The molecule has 0 aromatic heterocycles. The van der Waals surface area contributed by atoms with Crippen molar-refractivity contribution in [1.29, 1.82) is 0 Å². The summed E-state index contributed by atoms with van der Waals surface area (Å²) in [6, 6.07) is 23.8. The van der Waals surface area contributed by atoms with Crippen LogP contribution in [0.25, 0.3) is 0 Å². The second-order valence-electron chi connectivity index (χ2n) is 7.52. The van der Waals surface area contributed by atoms with Crippen molar-refractivity contribution in [3.63, 3.8) is 0 Å². The maximum atomic E-state index is 12.7. The van der Waals surface area contributed by atoms with Gasteiger partial charge in [-0.3, -0.25) is 14.5 Å². The standard InChI is InChI=1S/C24H26N4O4S/c1-18(19-12-14-22(15-13-19)33(25,31)32)28(16-23(29)26-20-8-4-2-5-9-20)17-24(30)27-21-10-6-3-7-11-21/h2-15,18H,16-17H2,1H3,(H,26,29)(H,27,30)(H2,25,31,32)/t18-/m1/s1. The first-order valence-corrected chi connectivity index (χ1v) is 11.8. The summed E-state index contributed by atoms with van der Waals surface area (Å²) in [5.74, 6) is -0.552. The zero-order valence-corrected chi connectivity index (χ0v) is 19.0. The molecule has 0 radical (unpaired) electrons. The minimum absolute atomic E-state index is 0.00589. The molecule has 3 rings (SSSR count). The van der Waals surface area contributed by atoms with Gasteiger partial charge in [-0.25, -0.2) is 13.6 Å². The Kier molecular flexibility index (Phi) is 7.94. The monoisotopic (exact) mass is 466 g/mol. The number of hydrogen-bond donors (Lipinski definition) is 3. The summed E-state index contributed by atoms with van der Waals surface area (Å²) >= 11 is 0. The molecule has 9 heteroatoms. The van der Waals surface area contributed by atoms with Crippen molar-refractivity contribution in [2.45, 2.75) is 17.9 Å². The van der Waals surface area contributed by atoms with Crippen LogP contribution in [-0.2, 0) is 19.6 Å². The first-order valence-electron chi connectivity index (χ1n) is 10.3. The van der Waals surface area contributed by atoms with E-state index in [2.05, 4.69) is 10.6 Å². The topological polar surface area (TPSA) is 122 Å². The zero-order chi connectivity index (χ0) is 23.8. The van der Waals surface area contributed by atoms with E-state index in [1.54, 1.807) is 41.3 Å². The minimum Gasteiger partial charge on any atom is -0.325 e. The summed E-state index contributed by atoms with van der Waals surface area (Å²) in [5, 5.41) is 10.8. The molecule has 0 saturated heterocycles. The van der Waals surface area contributed by atoms with Crippen molar-refractivity contribution >= 4 is 33.2 Å². The molecule has 0 aliphatic rings. The summed E-state index contributed by atoms with van der Waals surface area (Å²) in [6.07, 6.45) is 0. The van der Waals surface area contributed by atoms with Crippen LogP contribution in [0.15, 0.2) is 89.8 Å². The molecule has 0 fully saturated rings. The average Bonchev–Trinajstić information content (AvgIpc) is 2.79. The van der Waals surface area contributed by atoms with Crippen molar-refractivity contribution < 1.29 is 18.0 Å². The molecule has 3 aromatic carbocycles. The second kappa shape index (κ2) is 10.9. The molecule has 4 N–H and O–H groups in total. The largest absolute Gasteiger partial charge is 0.325 e. The summed E-state index contributed by atoms with van der Waals surface area (Å²) in [6.45, 7) is 1.75. The number of nitrogens with one attached hydrogen (secondary N) is 2. The number of carbonyl (C=O) groups is 2. The van der Waals surface area contributed by atoms with Crippen LogP contribution in [0.2, 0.25) is 0 Å². The highest BCUT2D eigenvalue weighted by Gasteiger charge is 2.22. The lowest BCUT2D eigenvalue weighted by Gasteiger charge is -2.28. The molecule has 0 bridgehead atoms. The maximum absolute atomic E-state index is 12.7. The van der Waals surface area contributed by atoms with Gasteiger partial charge in [0.25, 0.3) is 0 Å². The quantitative estimate of drug-likeness (QED) is 0.448. The van der Waals surface area contributed by atoms with Crippen molar-refractivity contribution in [2.75, 3.05) is 23.7 Å². The summed E-state index contributed by atoms with van der Waals surface area (Å²) in [7, 11) is -3.81. The van der Waals surface area contributed by atoms with Gasteiger partial charge in [-0.05, 0) is 48.9 Å². The predicted octanol–water partition coefficient (Wildman–Crippen LogP) is 2.97. The minimum atomic E-state index is -3.81. The molecule has 8 nitrogen and oxygen atoms in total. The molecule has 2 amide bonds. The Morgan fingerprint density at radius 2 is 1.21 bits per heavy atom. The Hall–Kier alpha value is -3.53. The lowest BCUT2D eigenvalue weighted by atomic mass is 10.1. The van der Waals surface area contributed by atoms with Crippen LogP contribution < -0.4 is 15.8 Å². The fraction of sp³-hybridized carbons (Fsp3) is 0.167. The number of primary sulfonamides is 1. The van der Waals surface area contributed by atoms with Crippen molar-refractivity contribution in [2.24, 2.45) is 5.14 Å². The van der Waals surface area contributed by atoms with Crippen LogP contribution >= 0.6 is 0 Å². The average molecular weight is 467 g/mol. The van der Waals surface area contributed by atoms with E-state index in [9.17, 15) is 18.0 Å². The van der Waals surface area contributed by atoms with Gasteiger partial charge in [-0.15, -0.1) is 0 Å². The van der Waals surface area contributed by atoms with Crippen LogP contribution in [0, 0.1) is 0 Å². The van der Waals surface area contributed by atoms with Gasteiger partial charge in [0.1, 0.15) is 0 Å². The van der Waals surface area contributed by atoms with E-state index in [-0.39, 0.29) is 35.8 Å². The van der Waals surface area contributed by atoms with Gasteiger partial charge >= 0.3 is 0 Å². The third kappa shape index (κ3) is 7.25. The van der Waals surface area contributed by atoms with Gasteiger partial charge in [0.15, 0.2) is 0 Å². The van der Waals surface area contributed by atoms with Gasteiger partial charge in [-0.2, -0.15) is 0 Å². The smallest absolute Gasteiger partial charge is 0.238 e. The molecule has 0 aliphatic carbocycles. The van der Waals surface area contributed by atoms with E-state index >= 15 is 0 Å². The molecule has 1 atom stereocenters. The molecule has 0 aliphatic heterocycles. The van der Waals surface area contributed by atoms with Crippen LogP contribution in [0.5, 0.6) is 0 Å². The third-order valence-electron chi connectivity index (χ3n) is 5.05. The Bertz CT molecular complexity index is 1130. The highest BCUT2D eigenvalue weighted by Crippen LogP contribution is 2.22. The van der Waals surface area contributed by atoms with Crippen LogP contribution in [-0.4, -0.2) is 38.2 Å². The lowest BCUT2D eigenvalue weighted by molar-refractivity contribution is -0.120. The van der Waals surface area contributed by atoms with Gasteiger partial charge < -0.3 is 10.6 Å². The molecular formula is C24H26N4O4S. The number of carbonyl (C=O) groups excluding carboxylic acids is 2. The highest BCUT2D eigenvalue weighted by atomic mass is 32.2. The van der Waals surface area contributed by atoms with Crippen molar-refractivity contribution in [3.05, 3.63) is 90.5 Å². The summed E-state index contributed by atoms with van der Waals surface area (Å²) in [5.41, 5.74) is 2.05. The second-order valence-corrected chi connectivity index (χ2v) is 9.08. The fourth-order valence-electron chi connectivity index (χ4n) is 3.29. The van der Waals surface area contributed by atoms with E-state index in [1.807, 2.05) is 43.3 Å².